The summed E-state index contributed by atoms with van der Waals surface area (Å²) in [6.45, 7) is 0.129. The van der Waals surface area contributed by atoms with Crippen LogP contribution in [0, 0.1) is 17.2 Å². The van der Waals surface area contributed by atoms with Gasteiger partial charge in [-0.3, -0.25) is 39.2 Å². The number of amides is 5. The van der Waals surface area contributed by atoms with Crippen LogP contribution in [0.1, 0.15) is 75.3 Å². The van der Waals surface area contributed by atoms with Gasteiger partial charge in [0.1, 0.15) is 29.9 Å². The third kappa shape index (κ3) is 14.2. The number of aliphatic imine (C=N–C) groups is 1. The van der Waals surface area contributed by atoms with Gasteiger partial charge in [-0.2, -0.15) is 0 Å². The number of nitrogens with two attached hydrogens (primary N) is 4. The fourth-order valence-electron chi connectivity index (χ4n) is 5.66. The molecule has 5 amide bonds. The lowest BCUT2D eigenvalue weighted by Gasteiger charge is -2.28. The molecule has 17 nitrogen and oxygen atoms in total. The van der Waals surface area contributed by atoms with Crippen LogP contribution in [0.3, 0.4) is 0 Å². The second-order valence-corrected chi connectivity index (χ2v) is 12.2. The number of carboxylic acid groups (broad SMARTS) is 1. The number of carbonyl (C=O) groups is 6. The van der Waals surface area contributed by atoms with Gasteiger partial charge >= 0.3 is 5.97 Å². The predicted octanol–water partition coefficient (Wildman–Crippen LogP) is -1.30. The molecule has 1 aliphatic rings. The zero-order valence-corrected chi connectivity index (χ0v) is 27.8. The Bertz CT molecular complexity index is 1360. The smallest absolute Gasteiger partial charge is 0.303 e. The Morgan fingerprint density at radius 1 is 0.837 bits per heavy atom. The van der Waals surface area contributed by atoms with E-state index in [0.717, 1.165) is 32.1 Å². The maximum Gasteiger partial charge on any atom is 0.303 e. The number of carbonyl (C=O) groups excluding carboxylic acids is 5. The number of hydrogen-bond acceptors (Lipinski definition) is 8. The number of hydrogen-bond donors (Lipinski definition) is 10. The molecule has 17 heteroatoms. The van der Waals surface area contributed by atoms with E-state index in [1.807, 2.05) is 0 Å². The first-order valence-corrected chi connectivity index (χ1v) is 16.3. The van der Waals surface area contributed by atoms with Crippen LogP contribution in [0.15, 0.2) is 29.3 Å². The van der Waals surface area contributed by atoms with Crippen molar-refractivity contribution in [1.29, 1.82) is 5.41 Å². The number of carboxylic acids is 1. The molecule has 1 aromatic carbocycles. The monoisotopic (exact) mass is 686 g/mol. The Labute approximate surface area is 285 Å². The van der Waals surface area contributed by atoms with Crippen LogP contribution in [-0.2, 0) is 35.2 Å². The zero-order valence-electron chi connectivity index (χ0n) is 27.8. The van der Waals surface area contributed by atoms with E-state index in [-0.39, 0.29) is 49.9 Å². The molecule has 0 radical (unpaired) electrons. The lowest BCUT2D eigenvalue weighted by atomic mass is 9.84. The van der Waals surface area contributed by atoms with Gasteiger partial charge in [0.25, 0.3) is 0 Å². The first-order valence-electron chi connectivity index (χ1n) is 16.3. The number of nitrogens with one attached hydrogen (secondary N) is 5. The average Bonchev–Trinajstić information content (AvgIpc) is 3.06. The van der Waals surface area contributed by atoms with Crippen LogP contribution in [0.2, 0.25) is 0 Å². The number of aliphatic carboxylic acids is 1. The molecule has 0 spiro atoms. The SMILES string of the molecule is CNC(=O)C(Cc1ccc(C(=N)N)cc1)C(=O)N[C@@H](CCC(=O)O)C(=O)N[C@@H](CCCN=C(N)N)C(=O)N[C@@H](CC1CCCCC1)C(N)=O. The summed E-state index contributed by atoms with van der Waals surface area (Å²) in [5.41, 5.74) is 23.0. The number of nitrogens with zero attached hydrogens (tertiary/aromatic N) is 1. The van der Waals surface area contributed by atoms with Gasteiger partial charge in [-0.1, -0.05) is 56.4 Å². The van der Waals surface area contributed by atoms with E-state index in [1.165, 1.54) is 7.05 Å². The van der Waals surface area contributed by atoms with Crippen molar-refractivity contribution in [2.45, 2.75) is 88.8 Å². The highest BCUT2D eigenvalue weighted by molar-refractivity contribution is 6.02. The number of nitrogen functional groups attached to an aromatic ring is 1. The van der Waals surface area contributed by atoms with Gasteiger partial charge in [0.15, 0.2) is 5.96 Å². The van der Waals surface area contributed by atoms with E-state index >= 15 is 0 Å². The summed E-state index contributed by atoms with van der Waals surface area (Å²) in [4.78, 5) is 81.0. The van der Waals surface area contributed by atoms with Gasteiger partial charge in [0, 0.05) is 25.6 Å². The quantitative estimate of drug-likeness (QED) is 0.0335. The number of benzene rings is 1. The van der Waals surface area contributed by atoms with Crippen molar-refractivity contribution < 1.29 is 33.9 Å². The minimum atomic E-state index is -1.45. The Hall–Kier alpha value is -5.22. The van der Waals surface area contributed by atoms with Crippen LogP contribution >= 0.6 is 0 Å². The summed E-state index contributed by atoms with van der Waals surface area (Å²) in [6, 6.07) is 2.69. The minimum Gasteiger partial charge on any atom is -0.481 e. The van der Waals surface area contributed by atoms with Crippen molar-refractivity contribution in [2.75, 3.05) is 13.6 Å². The molecular formula is C32H50N10O7. The molecule has 1 aliphatic carbocycles. The summed E-state index contributed by atoms with van der Waals surface area (Å²) in [5, 5.41) is 27.0. The molecule has 0 heterocycles. The second-order valence-electron chi connectivity index (χ2n) is 12.2. The Kier molecular flexibility index (Phi) is 16.5. The number of amidine groups is 1. The van der Waals surface area contributed by atoms with Crippen molar-refractivity contribution in [3.8, 4) is 0 Å². The highest BCUT2D eigenvalue weighted by Crippen LogP contribution is 2.27. The third-order valence-corrected chi connectivity index (χ3v) is 8.40. The summed E-state index contributed by atoms with van der Waals surface area (Å²) < 4.78 is 0. The number of rotatable bonds is 20. The Morgan fingerprint density at radius 2 is 1.41 bits per heavy atom. The fourth-order valence-corrected chi connectivity index (χ4v) is 5.66. The second kappa shape index (κ2) is 20.2. The van der Waals surface area contributed by atoms with Gasteiger partial charge in [-0.25, -0.2) is 0 Å². The van der Waals surface area contributed by atoms with E-state index in [0.29, 0.717) is 17.5 Å². The van der Waals surface area contributed by atoms with Crippen LogP contribution in [0.25, 0.3) is 0 Å². The molecule has 4 atom stereocenters. The molecule has 2 rings (SSSR count). The fraction of sp³-hybridized carbons (Fsp3) is 0.562. The molecule has 0 aliphatic heterocycles. The standard InChI is InChI=1S/C32H50N10O7/c1-38-28(46)21(16-19-9-11-20(12-10-19)26(33)34)29(47)40-23(13-14-25(43)44)31(49)41-22(8-5-15-39-32(36)37)30(48)42-24(27(35)45)17-18-6-3-2-4-7-18/h9-12,18,21-24H,2-8,13-17H2,1H3,(H3,33,34)(H2,35,45)(H,38,46)(H,40,47)(H,41,49)(H,42,48)(H,43,44)(H4,36,37,39)/t21?,22-,23-,24-/m0/s1. The zero-order chi connectivity index (χ0) is 36.5. The maximum absolute atomic E-state index is 13.6. The largest absolute Gasteiger partial charge is 0.481 e. The Balaban J connectivity index is 2.28. The van der Waals surface area contributed by atoms with Gasteiger partial charge in [0.05, 0.1) is 0 Å². The third-order valence-electron chi connectivity index (χ3n) is 8.40. The molecule has 49 heavy (non-hydrogen) atoms. The van der Waals surface area contributed by atoms with Gasteiger partial charge < -0.3 is 49.3 Å². The Morgan fingerprint density at radius 3 is 1.94 bits per heavy atom. The van der Waals surface area contributed by atoms with Crippen molar-refractivity contribution >= 4 is 47.3 Å². The van der Waals surface area contributed by atoms with Crippen molar-refractivity contribution in [2.24, 2.45) is 39.8 Å². The van der Waals surface area contributed by atoms with Crippen LogP contribution in [-0.4, -0.2) is 84.1 Å². The highest BCUT2D eigenvalue weighted by Gasteiger charge is 2.33. The molecule has 0 aromatic heterocycles. The first kappa shape index (κ1) is 40.0. The van der Waals surface area contributed by atoms with E-state index < -0.39 is 66.0 Å². The van der Waals surface area contributed by atoms with Gasteiger partial charge in [-0.15, -0.1) is 0 Å². The van der Waals surface area contributed by atoms with Gasteiger partial charge in [-0.05, 0) is 43.6 Å². The lowest BCUT2D eigenvalue weighted by Crippen LogP contribution is -2.57. The molecule has 1 saturated carbocycles. The van der Waals surface area contributed by atoms with Crippen molar-refractivity contribution in [3.05, 3.63) is 35.4 Å². The lowest BCUT2D eigenvalue weighted by molar-refractivity contribution is -0.140. The van der Waals surface area contributed by atoms with Crippen LogP contribution in [0.5, 0.6) is 0 Å². The molecule has 1 fully saturated rings. The average molecular weight is 687 g/mol. The molecule has 1 unspecified atom stereocenters. The van der Waals surface area contributed by atoms with Crippen LogP contribution in [0.4, 0.5) is 0 Å². The normalized spacial score (nSPS) is 15.4. The van der Waals surface area contributed by atoms with Crippen molar-refractivity contribution in [1.82, 2.24) is 21.3 Å². The minimum absolute atomic E-state index is 0.0278. The van der Waals surface area contributed by atoms with E-state index in [1.54, 1.807) is 24.3 Å². The number of primary amides is 1. The van der Waals surface area contributed by atoms with E-state index in [4.69, 9.17) is 28.3 Å². The predicted molar refractivity (Wildman–Crippen MR) is 182 cm³/mol. The summed E-state index contributed by atoms with van der Waals surface area (Å²) in [5.74, 6) is -6.46. The van der Waals surface area contributed by atoms with Crippen LogP contribution < -0.4 is 44.2 Å². The molecule has 270 valence electrons. The summed E-state index contributed by atoms with van der Waals surface area (Å²) in [7, 11) is 1.34. The highest BCUT2D eigenvalue weighted by atomic mass is 16.4. The molecule has 0 bridgehead atoms. The first-order chi connectivity index (χ1) is 23.2. The topological polar surface area (TPSA) is 311 Å². The summed E-state index contributed by atoms with van der Waals surface area (Å²) in [6.07, 6.45) is 4.63. The molecular weight excluding hydrogens is 636 g/mol. The van der Waals surface area contributed by atoms with Gasteiger partial charge in [0.2, 0.25) is 29.5 Å². The van der Waals surface area contributed by atoms with E-state index in [9.17, 15) is 33.9 Å². The molecule has 0 saturated heterocycles. The maximum atomic E-state index is 13.6. The molecule has 14 N–H and O–H groups in total. The van der Waals surface area contributed by atoms with E-state index in [2.05, 4.69) is 26.3 Å². The number of guanidine groups is 1. The van der Waals surface area contributed by atoms with Crippen molar-refractivity contribution in [3.63, 3.8) is 0 Å². The molecule has 1 aromatic rings. The summed E-state index contributed by atoms with van der Waals surface area (Å²) >= 11 is 0.